The summed E-state index contributed by atoms with van der Waals surface area (Å²) in [4.78, 5) is 37.8. The fraction of sp³-hybridized carbons (Fsp3) is 0.0667. The van der Waals surface area contributed by atoms with E-state index < -0.39 is 16.8 Å². The zero-order valence-corrected chi connectivity index (χ0v) is 21.0. The summed E-state index contributed by atoms with van der Waals surface area (Å²) in [5.74, 6) is 0.466. The van der Waals surface area contributed by atoms with Crippen LogP contribution in [0.15, 0.2) is 101 Å². The number of non-ortho nitro benzene ring substituents is 1. The Hall–Kier alpha value is -5.44. The Morgan fingerprint density at radius 2 is 1.69 bits per heavy atom. The van der Waals surface area contributed by atoms with E-state index in [-0.39, 0.29) is 11.4 Å². The number of hydrogen-bond acceptors (Lipinski definition) is 7. The van der Waals surface area contributed by atoms with Gasteiger partial charge in [0.1, 0.15) is 17.3 Å². The van der Waals surface area contributed by atoms with Gasteiger partial charge in [0.15, 0.2) is 0 Å². The number of carbonyl (C=O) groups is 2. The smallest absolute Gasteiger partial charge is 0.337 e. The number of anilines is 1. The van der Waals surface area contributed by atoms with Gasteiger partial charge in [-0.2, -0.15) is 0 Å². The number of furan rings is 1. The number of nitrogens with zero attached hydrogens (tertiary/aromatic N) is 2. The topological polar surface area (TPSA) is 112 Å². The highest BCUT2D eigenvalue weighted by atomic mass is 16.6. The van der Waals surface area contributed by atoms with Crippen molar-refractivity contribution in [3.05, 3.63) is 124 Å². The third kappa shape index (κ3) is 4.93. The average Bonchev–Trinajstić information content (AvgIpc) is 3.57. The standard InChI is InChI=1S/C30H22N2O7/c1-37-28-14-12-23(32(35)36)18-26(28)31-25(19-6-4-3-5-7-19)17-22(29(31)33)16-24-13-15-27(39-24)20-8-10-21(11-9-20)30(34)38-2/h3-18H,1-2H3/b22-16+. The molecular formula is C30H22N2O7. The highest BCUT2D eigenvalue weighted by Gasteiger charge is 2.33. The number of hydrogen-bond donors (Lipinski definition) is 0. The number of nitro benzene ring substituents is 1. The number of esters is 1. The summed E-state index contributed by atoms with van der Waals surface area (Å²) in [7, 11) is 2.76. The molecule has 1 aliphatic rings. The van der Waals surface area contributed by atoms with Gasteiger partial charge in [-0.3, -0.25) is 19.8 Å². The molecule has 39 heavy (non-hydrogen) atoms. The second-order valence-electron chi connectivity index (χ2n) is 8.52. The van der Waals surface area contributed by atoms with Crippen LogP contribution in [0, 0.1) is 10.1 Å². The molecule has 4 aromatic rings. The Morgan fingerprint density at radius 1 is 0.949 bits per heavy atom. The molecule has 0 saturated carbocycles. The van der Waals surface area contributed by atoms with Crippen molar-refractivity contribution in [3.8, 4) is 17.1 Å². The molecule has 0 unspecified atom stereocenters. The van der Waals surface area contributed by atoms with Gasteiger partial charge in [0, 0.05) is 23.3 Å². The zero-order chi connectivity index (χ0) is 27.5. The maximum atomic E-state index is 13.7. The van der Waals surface area contributed by atoms with Crippen LogP contribution in [0.4, 0.5) is 11.4 Å². The molecule has 1 aromatic heterocycles. The second kappa shape index (κ2) is 10.5. The minimum Gasteiger partial charge on any atom is -0.495 e. The van der Waals surface area contributed by atoms with Crippen LogP contribution in [0.3, 0.4) is 0 Å². The van der Waals surface area contributed by atoms with Crippen LogP contribution in [-0.4, -0.2) is 31.0 Å². The van der Waals surface area contributed by atoms with Crippen LogP contribution in [0.5, 0.6) is 5.75 Å². The maximum absolute atomic E-state index is 13.7. The van der Waals surface area contributed by atoms with Crippen LogP contribution in [-0.2, 0) is 9.53 Å². The molecule has 0 N–H and O–H groups in total. The lowest BCUT2D eigenvalue weighted by atomic mass is 10.1. The third-order valence-electron chi connectivity index (χ3n) is 6.18. The van der Waals surface area contributed by atoms with Crippen LogP contribution in [0.25, 0.3) is 23.1 Å². The monoisotopic (exact) mass is 522 g/mol. The molecule has 3 aromatic carbocycles. The van der Waals surface area contributed by atoms with Gasteiger partial charge in [0.2, 0.25) is 0 Å². The predicted octanol–water partition coefficient (Wildman–Crippen LogP) is 6.12. The van der Waals surface area contributed by atoms with E-state index in [0.29, 0.717) is 34.1 Å². The van der Waals surface area contributed by atoms with Crippen molar-refractivity contribution in [2.75, 3.05) is 19.1 Å². The van der Waals surface area contributed by atoms with Crippen molar-refractivity contribution in [1.29, 1.82) is 0 Å². The first kappa shape index (κ1) is 25.2. The first-order valence-electron chi connectivity index (χ1n) is 11.8. The van der Waals surface area contributed by atoms with E-state index in [4.69, 9.17) is 13.9 Å². The first-order valence-corrected chi connectivity index (χ1v) is 11.8. The van der Waals surface area contributed by atoms with E-state index in [1.165, 1.54) is 37.3 Å². The summed E-state index contributed by atoms with van der Waals surface area (Å²) in [6, 6.07) is 23.6. The largest absolute Gasteiger partial charge is 0.495 e. The van der Waals surface area contributed by atoms with Crippen molar-refractivity contribution in [2.24, 2.45) is 0 Å². The van der Waals surface area contributed by atoms with Crippen molar-refractivity contribution in [1.82, 2.24) is 0 Å². The number of rotatable bonds is 7. The van der Waals surface area contributed by atoms with Gasteiger partial charge in [-0.15, -0.1) is 0 Å². The molecule has 1 amide bonds. The van der Waals surface area contributed by atoms with Gasteiger partial charge in [-0.1, -0.05) is 42.5 Å². The number of carbonyl (C=O) groups excluding carboxylic acids is 2. The molecule has 0 spiro atoms. The van der Waals surface area contributed by atoms with Crippen molar-refractivity contribution in [2.45, 2.75) is 0 Å². The van der Waals surface area contributed by atoms with Gasteiger partial charge in [-0.25, -0.2) is 4.79 Å². The van der Waals surface area contributed by atoms with Gasteiger partial charge >= 0.3 is 5.97 Å². The number of nitro groups is 1. The van der Waals surface area contributed by atoms with Crippen molar-refractivity contribution < 1.29 is 28.4 Å². The van der Waals surface area contributed by atoms with Gasteiger partial charge in [-0.05, 0) is 48.0 Å². The molecule has 9 nitrogen and oxygen atoms in total. The zero-order valence-electron chi connectivity index (χ0n) is 21.0. The lowest BCUT2D eigenvalue weighted by molar-refractivity contribution is -0.384. The lowest BCUT2D eigenvalue weighted by Gasteiger charge is -2.22. The number of amides is 1. The molecule has 0 radical (unpaired) electrons. The van der Waals surface area contributed by atoms with Crippen LogP contribution in [0.2, 0.25) is 0 Å². The molecule has 194 valence electrons. The van der Waals surface area contributed by atoms with Crippen LogP contribution in [0.1, 0.15) is 21.7 Å². The normalized spacial score (nSPS) is 13.9. The highest BCUT2D eigenvalue weighted by molar-refractivity contribution is 6.23. The Morgan fingerprint density at radius 3 is 2.36 bits per heavy atom. The molecule has 0 aliphatic carbocycles. The van der Waals surface area contributed by atoms with E-state index in [1.807, 2.05) is 30.3 Å². The minimum absolute atomic E-state index is 0.169. The molecule has 0 fully saturated rings. The second-order valence-corrected chi connectivity index (χ2v) is 8.52. The first-order chi connectivity index (χ1) is 18.9. The average molecular weight is 523 g/mol. The summed E-state index contributed by atoms with van der Waals surface area (Å²) < 4.78 is 16.2. The summed E-state index contributed by atoms with van der Waals surface area (Å²) in [5.41, 5.74) is 2.85. The summed E-state index contributed by atoms with van der Waals surface area (Å²) >= 11 is 0. The quantitative estimate of drug-likeness (QED) is 0.124. The van der Waals surface area contributed by atoms with Gasteiger partial charge in [0.05, 0.1) is 36.1 Å². The van der Waals surface area contributed by atoms with Crippen LogP contribution < -0.4 is 9.64 Å². The van der Waals surface area contributed by atoms with E-state index in [0.717, 1.165) is 11.1 Å². The fourth-order valence-corrected chi connectivity index (χ4v) is 4.27. The van der Waals surface area contributed by atoms with Gasteiger partial charge in [0.25, 0.3) is 11.6 Å². The molecule has 5 rings (SSSR count). The summed E-state index contributed by atoms with van der Waals surface area (Å²) in [6.45, 7) is 0. The van der Waals surface area contributed by atoms with E-state index in [1.54, 1.807) is 48.6 Å². The maximum Gasteiger partial charge on any atom is 0.337 e. The minimum atomic E-state index is -0.520. The van der Waals surface area contributed by atoms with Gasteiger partial charge < -0.3 is 13.9 Å². The Bertz CT molecular complexity index is 1630. The van der Waals surface area contributed by atoms with E-state index in [9.17, 15) is 19.7 Å². The molecule has 1 aliphatic heterocycles. The predicted molar refractivity (Wildman–Crippen MR) is 145 cm³/mol. The Kier molecular flexibility index (Phi) is 6.79. The third-order valence-corrected chi connectivity index (χ3v) is 6.18. The lowest BCUT2D eigenvalue weighted by Crippen LogP contribution is -2.25. The Balaban J connectivity index is 1.54. The molecule has 0 saturated heterocycles. The van der Waals surface area contributed by atoms with Crippen molar-refractivity contribution >= 4 is 35.0 Å². The van der Waals surface area contributed by atoms with E-state index >= 15 is 0 Å². The summed E-state index contributed by atoms with van der Waals surface area (Å²) in [5, 5.41) is 11.5. The SMILES string of the molecule is COC(=O)c1ccc(-c2ccc(/C=C3\C=C(c4ccccc4)N(c4cc([N+](=O)[O-])ccc4OC)C3=O)o2)cc1. The molecule has 0 bridgehead atoms. The van der Waals surface area contributed by atoms with Crippen molar-refractivity contribution in [3.63, 3.8) is 0 Å². The van der Waals surface area contributed by atoms with Crippen LogP contribution >= 0.6 is 0 Å². The highest BCUT2D eigenvalue weighted by Crippen LogP contribution is 2.41. The molecule has 9 heteroatoms. The summed E-state index contributed by atoms with van der Waals surface area (Å²) in [6.07, 6.45) is 3.32. The Labute approximate surface area is 223 Å². The van der Waals surface area contributed by atoms with E-state index in [2.05, 4.69) is 0 Å². The number of methoxy groups -OCH3 is 2. The number of ether oxygens (including phenoxy) is 2. The number of benzene rings is 3. The molecular weight excluding hydrogens is 500 g/mol. The molecule has 0 atom stereocenters. The fourth-order valence-electron chi connectivity index (χ4n) is 4.27. The molecule has 2 heterocycles.